The highest BCUT2D eigenvalue weighted by Gasteiger charge is 2.39. The Morgan fingerprint density at radius 3 is 1.29 bits per heavy atom. The molecular weight excluding hydrogens is 466 g/mol. The molecule has 0 unspecified atom stereocenters. The van der Waals surface area contributed by atoms with Gasteiger partial charge in [0.2, 0.25) is 0 Å². The van der Waals surface area contributed by atoms with Crippen molar-refractivity contribution in [3.63, 3.8) is 0 Å². The fourth-order valence-electron chi connectivity index (χ4n) is 6.17. The molecule has 4 heteroatoms. The van der Waals surface area contributed by atoms with Gasteiger partial charge >= 0.3 is 0 Å². The van der Waals surface area contributed by atoms with Gasteiger partial charge in [-0.15, -0.1) is 0 Å². The van der Waals surface area contributed by atoms with E-state index in [-0.39, 0.29) is 0 Å². The zero-order chi connectivity index (χ0) is 28.9. The quantitative estimate of drug-likeness (QED) is 0.369. The highest BCUT2D eigenvalue weighted by molar-refractivity contribution is 4.92. The van der Waals surface area contributed by atoms with Gasteiger partial charge in [-0.2, -0.15) is 0 Å². The van der Waals surface area contributed by atoms with E-state index in [9.17, 15) is 0 Å². The van der Waals surface area contributed by atoms with Gasteiger partial charge in [0.15, 0.2) is 0 Å². The van der Waals surface area contributed by atoms with Crippen molar-refractivity contribution in [2.45, 2.75) is 134 Å². The van der Waals surface area contributed by atoms with E-state index in [1.54, 1.807) is 0 Å². The van der Waals surface area contributed by atoms with Crippen LogP contribution in [0.2, 0.25) is 0 Å². The zero-order valence-electron chi connectivity index (χ0n) is 28.2. The van der Waals surface area contributed by atoms with Crippen LogP contribution in [0.25, 0.3) is 0 Å². The Morgan fingerprint density at radius 1 is 0.526 bits per heavy atom. The number of nitrogens with zero attached hydrogens (tertiary/aromatic N) is 3. The predicted molar refractivity (Wildman–Crippen MR) is 167 cm³/mol. The number of hydrogen-bond donors (Lipinski definition) is 0. The van der Waals surface area contributed by atoms with Gasteiger partial charge in [0.25, 0.3) is 0 Å². The maximum absolute atomic E-state index is 5.39. The van der Waals surface area contributed by atoms with Crippen LogP contribution in [-0.2, 0) is 4.74 Å². The Hall–Kier alpha value is -0.160. The Bertz CT molecular complexity index is 643. The molecule has 4 aliphatic heterocycles. The summed E-state index contributed by atoms with van der Waals surface area (Å²) in [5.41, 5.74) is 1.54. The number of rotatable bonds is 3. The first kappa shape index (κ1) is 34.0. The molecule has 38 heavy (non-hydrogen) atoms. The molecular formula is C34H69N3O. The van der Waals surface area contributed by atoms with Gasteiger partial charge in [-0.25, -0.2) is 0 Å². The van der Waals surface area contributed by atoms with E-state index in [1.807, 2.05) is 0 Å². The molecule has 0 aromatic carbocycles. The molecule has 4 saturated heterocycles. The van der Waals surface area contributed by atoms with Crippen LogP contribution in [0.1, 0.15) is 116 Å². The summed E-state index contributed by atoms with van der Waals surface area (Å²) >= 11 is 0. The first-order valence-corrected chi connectivity index (χ1v) is 16.2. The third kappa shape index (κ3) is 10.7. The molecule has 4 heterocycles. The summed E-state index contributed by atoms with van der Waals surface area (Å²) in [5, 5.41) is 0. The first-order chi connectivity index (χ1) is 17.4. The monoisotopic (exact) mass is 536 g/mol. The fourth-order valence-corrected chi connectivity index (χ4v) is 6.17. The number of ether oxygens (including phenoxy) is 1. The summed E-state index contributed by atoms with van der Waals surface area (Å²) < 4.78 is 5.39. The lowest BCUT2D eigenvalue weighted by atomic mass is 9.75. The Labute approximate surface area is 239 Å². The largest absolute Gasteiger partial charge is 0.381 e. The minimum Gasteiger partial charge on any atom is -0.381 e. The van der Waals surface area contributed by atoms with Crippen molar-refractivity contribution < 1.29 is 4.74 Å². The molecule has 0 radical (unpaired) electrons. The lowest BCUT2D eigenvalue weighted by Gasteiger charge is -2.50. The lowest BCUT2D eigenvalue weighted by Crippen LogP contribution is -2.57. The number of hydrogen-bond acceptors (Lipinski definition) is 4. The average molecular weight is 536 g/mol. The van der Waals surface area contributed by atoms with Crippen molar-refractivity contribution in [3.8, 4) is 0 Å². The second-order valence-electron chi connectivity index (χ2n) is 16.7. The third-order valence-corrected chi connectivity index (χ3v) is 10.2. The van der Waals surface area contributed by atoms with Crippen LogP contribution in [0.15, 0.2) is 0 Å². The fraction of sp³-hybridized carbons (Fsp3) is 1.00. The van der Waals surface area contributed by atoms with E-state index in [0.29, 0.717) is 16.2 Å². The van der Waals surface area contributed by atoms with Crippen molar-refractivity contribution in [1.29, 1.82) is 0 Å². The van der Waals surface area contributed by atoms with Crippen LogP contribution in [0, 0.1) is 34.0 Å². The highest BCUT2D eigenvalue weighted by atomic mass is 16.5. The molecule has 4 rings (SSSR count). The molecule has 0 atom stereocenters. The van der Waals surface area contributed by atoms with Gasteiger partial charge in [-0.3, -0.25) is 4.90 Å². The minimum absolute atomic E-state index is 0.502. The Kier molecular flexibility index (Phi) is 12.7. The van der Waals surface area contributed by atoms with Crippen molar-refractivity contribution in [3.05, 3.63) is 0 Å². The van der Waals surface area contributed by atoms with Crippen LogP contribution in [0.3, 0.4) is 0 Å². The molecule has 4 fully saturated rings. The maximum atomic E-state index is 5.39. The summed E-state index contributed by atoms with van der Waals surface area (Å²) in [4.78, 5) is 7.79. The second kappa shape index (κ2) is 14.1. The van der Waals surface area contributed by atoms with Crippen molar-refractivity contribution in [2.75, 3.05) is 52.5 Å². The van der Waals surface area contributed by atoms with Gasteiger partial charge in [-0.05, 0) is 100 Å². The zero-order valence-corrected chi connectivity index (χ0v) is 28.2. The molecule has 0 spiro atoms. The van der Waals surface area contributed by atoms with Gasteiger partial charge < -0.3 is 14.5 Å². The van der Waals surface area contributed by atoms with E-state index in [2.05, 4.69) is 105 Å². The van der Waals surface area contributed by atoms with Gasteiger partial charge in [0.05, 0.1) is 0 Å². The summed E-state index contributed by atoms with van der Waals surface area (Å²) in [5.74, 6) is 2.76. The molecule has 0 bridgehead atoms. The molecule has 0 aromatic rings. The van der Waals surface area contributed by atoms with E-state index in [0.717, 1.165) is 49.1 Å². The SMILES string of the molecule is CC(C)(C)C1CN(C2CCOCC2)C1.CC(C)N1CC(C(C)(C)C)C1.CC(C)N1CCC(C(C)(C)C)CC1. The van der Waals surface area contributed by atoms with E-state index >= 15 is 0 Å². The maximum Gasteiger partial charge on any atom is 0.0480 e. The minimum atomic E-state index is 0.502. The second-order valence-corrected chi connectivity index (χ2v) is 16.7. The molecule has 0 saturated carbocycles. The van der Waals surface area contributed by atoms with Crippen LogP contribution in [-0.4, -0.2) is 85.3 Å². The standard InChI is InChI=1S/C12H23NO.C12H25N.C10H21N/c1-12(2,3)10-8-13(9-10)11-4-6-14-7-5-11;1-10(2)13-8-6-11(7-9-13)12(3,4)5;1-8(2)11-6-9(7-11)10(3,4)5/h10-11H,4-9H2,1-3H3;10-11H,6-9H2,1-5H3;8-9H,6-7H2,1-5H3. The van der Waals surface area contributed by atoms with Crippen molar-refractivity contribution in [1.82, 2.24) is 14.7 Å². The molecule has 4 nitrogen and oxygen atoms in total. The summed E-state index contributed by atoms with van der Waals surface area (Å²) in [7, 11) is 0. The van der Waals surface area contributed by atoms with Crippen LogP contribution in [0.4, 0.5) is 0 Å². The third-order valence-electron chi connectivity index (χ3n) is 10.2. The highest BCUT2D eigenvalue weighted by Crippen LogP contribution is 2.37. The number of likely N-dealkylation sites (tertiary alicyclic amines) is 3. The molecule has 4 aliphatic rings. The molecule has 0 amide bonds. The van der Waals surface area contributed by atoms with Crippen molar-refractivity contribution in [2.24, 2.45) is 34.0 Å². The predicted octanol–water partition coefficient (Wildman–Crippen LogP) is 7.67. The average Bonchev–Trinajstić information content (AvgIpc) is 2.70. The molecule has 0 aliphatic carbocycles. The summed E-state index contributed by atoms with van der Waals surface area (Å²) in [6.07, 6.45) is 5.27. The van der Waals surface area contributed by atoms with Crippen LogP contribution in [0.5, 0.6) is 0 Å². The molecule has 226 valence electrons. The molecule has 0 N–H and O–H groups in total. The van der Waals surface area contributed by atoms with Crippen LogP contribution >= 0.6 is 0 Å². The first-order valence-electron chi connectivity index (χ1n) is 16.2. The van der Waals surface area contributed by atoms with Crippen molar-refractivity contribution >= 4 is 0 Å². The molecule has 0 aromatic heterocycles. The van der Waals surface area contributed by atoms with Crippen LogP contribution < -0.4 is 0 Å². The topological polar surface area (TPSA) is 19.0 Å². The summed E-state index contributed by atoms with van der Waals surface area (Å²) in [6.45, 7) is 40.2. The van der Waals surface area contributed by atoms with E-state index in [1.165, 1.54) is 65.0 Å². The Morgan fingerprint density at radius 2 is 0.921 bits per heavy atom. The van der Waals surface area contributed by atoms with E-state index in [4.69, 9.17) is 4.74 Å². The van der Waals surface area contributed by atoms with E-state index < -0.39 is 0 Å². The van der Waals surface area contributed by atoms with Gasteiger partial charge in [0.1, 0.15) is 0 Å². The Balaban J connectivity index is 0.000000202. The normalized spacial score (nSPS) is 24.4. The van der Waals surface area contributed by atoms with Gasteiger partial charge in [0, 0.05) is 57.5 Å². The van der Waals surface area contributed by atoms with Gasteiger partial charge in [-0.1, -0.05) is 62.3 Å². The smallest absolute Gasteiger partial charge is 0.0480 e. The summed E-state index contributed by atoms with van der Waals surface area (Å²) in [6, 6.07) is 2.30. The number of piperidine rings is 1. The lowest BCUT2D eigenvalue weighted by molar-refractivity contribution is -0.0455.